The Morgan fingerprint density at radius 3 is 2.75 bits per heavy atom. The maximum absolute atomic E-state index is 13.5. The summed E-state index contributed by atoms with van der Waals surface area (Å²) in [7, 11) is 0. The van der Waals surface area contributed by atoms with E-state index in [0.717, 1.165) is 17.9 Å². The molecule has 0 saturated carbocycles. The monoisotopic (exact) mass is 281 g/mol. The van der Waals surface area contributed by atoms with Crippen LogP contribution in [0.4, 0.5) is 8.78 Å². The van der Waals surface area contributed by atoms with Crippen molar-refractivity contribution in [2.24, 2.45) is 0 Å². The van der Waals surface area contributed by atoms with Crippen molar-refractivity contribution in [3.05, 3.63) is 59.6 Å². The third-order valence-electron chi connectivity index (χ3n) is 3.07. The van der Waals surface area contributed by atoms with E-state index in [1.807, 2.05) is 19.1 Å². The van der Waals surface area contributed by atoms with Crippen LogP contribution in [0.1, 0.15) is 24.4 Å². The Hall–Kier alpha value is -1.72. The number of aliphatic hydroxyl groups excluding tert-OH is 1. The van der Waals surface area contributed by atoms with E-state index in [0.29, 0.717) is 6.42 Å². The zero-order valence-electron chi connectivity index (χ0n) is 11.1. The van der Waals surface area contributed by atoms with Crippen LogP contribution in [-0.2, 0) is 6.42 Å². The predicted molar refractivity (Wildman–Crippen MR) is 71.2 cm³/mol. The molecular formula is C15H17F2NO2. The number of rotatable bonds is 6. The molecule has 2 N–H and O–H groups in total. The highest BCUT2D eigenvalue weighted by molar-refractivity contribution is 5.21. The summed E-state index contributed by atoms with van der Waals surface area (Å²) < 4.78 is 31.5. The normalized spacial score (nSPS) is 14.2. The zero-order valence-corrected chi connectivity index (χ0v) is 11.1. The van der Waals surface area contributed by atoms with Gasteiger partial charge in [0.05, 0.1) is 12.4 Å². The molecule has 0 amide bonds. The Morgan fingerprint density at radius 2 is 2.10 bits per heavy atom. The molecule has 1 aromatic heterocycles. The molecule has 108 valence electrons. The zero-order chi connectivity index (χ0) is 14.5. The van der Waals surface area contributed by atoms with Crippen molar-refractivity contribution in [1.82, 2.24) is 5.32 Å². The van der Waals surface area contributed by atoms with Crippen LogP contribution in [0.5, 0.6) is 0 Å². The van der Waals surface area contributed by atoms with E-state index in [1.54, 1.807) is 6.26 Å². The standard InChI is InChI=1S/C15H17F2NO2/c1-10(7-12-3-2-6-20-12)18-9-15(19)13-5-4-11(16)8-14(13)17/h2-6,8,10,15,18-19H,7,9H2,1H3. The molecule has 0 spiro atoms. The van der Waals surface area contributed by atoms with E-state index in [1.165, 1.54) is 6.07 Å². The first kappa shape index (κ1) is 14.7. The number of furan rings is 1. The van der Waals surface area contributed by atoms with Gasteiger partial charge < -0.3 is 14.8 Å². The summed E-state index contributed by atoms with van der Waals surface area (Å²) in [5.41, 5.74) is 0.0871. The molecule has 0 aliphatic carbocycles. The van der Waals surface area contributed by atoms with Gasteiger partial charge >= 0.3 is 0 Å². The summed E-state index contributed by atoms with van der Waals surface area (Å²) in [5.74, 6) is -0.553. The molecule has 0 radical (unpaired) electrons. The lowest BCUT2D eigenvalue weighted by atomic mass is 10.1. The van der Waals surface area contributed by atoms with Crippen molar-refractivity contribution in [3.63, 3.8) is 0 Å². The number of hydrogen-bond donors (Lipinski definition) is 2. The van der Waals surface area contributed by atoms with Crippen molar-refractivity contribution < 1.29 is 18.3 Å². The van der Waals surface area contributed by atoms with Crippen LogP contribution in [-0.4, -0.2) is 17.7 Å². The van der Waals surface area contributed by atoms with Gasteiger partial charge in [0, 0.05) is 30.6 Å². The lowest BCUT2D eigenvalue weighted by molar-refractivity contribution is 0.165. The summed E-state index contributed by atoms with van der Waals surface area (Å²) in [6.07, 6.45) is 1.26. The van der Waals surface area contributed by atoms with Gasteiger partial charge in [-0.15, -0.1) is 0 Å². The third kappa shape index (κ3) is 3.88. The van der Waals surface area contributed by atoms with Gasteiger partial charge in [0.1, 0.15) is 17.4 Å². The first-order valence-electron chi connectivity index (χ1n) is 6.45. The molecule has 3 nitrogen and oxygen atoms in total. The Balaban J connectivity index is 1.86. The number of hydrogen-bond acceptors (Lipinski definition) is 3. The number of nitrogens with one attached hydrogen (secondary N) is 1. The van der Waals surface area contributed by atoms with Crippen LogP contribution < -0.4 is 5.32 Å². The van der Waals surface area contributed by atoms with Gasteiger partial charge in [0.25, 0.3) is 0 Å². The Bertz CT molecular complexity index is 543. The van der Waals surface area contributed by atoms with Crippen molar-refractivity contribution in [1.29, 1.82) is 0 Å². The number of aliphatic hydroxyl groups is 1. The minimum Gasteiger partial charge on any atom is -0.469 e. The molecule has 0 aliphatic heterocycles. The fraction of sp³-hybridized carbons (Fsp3) is 0.333. The molecule has 20 heavy (non-hydrogen) atoms. The average Bonchev–Trinajstić information content (AvgIpc) is 2.89. The molecule has 2 unspecified atom stereocenters. The van der Waals surface area contributed by atoms with E-state index in [9.17, 15) is 13.9 Å². The second kappa shape index (κ2) is 6.63. The van der Waals surface area contributed by atoms with Crippen LogP contribution in [0.15, 0.2) is 41.0 Å². The van der Waals surface area contributed by atoms with Crippen LogP contribution >= 0.6 is 0 Å². The van der Waals surface area contributed by atoms with Gasteiger partial charge in [-0.1, -0.05) is 6.07 Å². The highest BCUT2D eigenvalue weighted by Crippen LogP contribution is 2.17. The van der Waals surface area contributed by atoms with Crippen molar-refractivity contribution in [3.8, 4) is 0 Å². The average molecular weight is 281 g/mol. The highest BCUT2D eigenvalue weighted by atomic mass is 19.1. The maximum Gasteiger partial charge on any atom is 0.131 e. The first-order chi connectivity index (χ1) is 9.56. The fourth-order valence-electron chi connectivity index (χ4n) is 2.00. The predicted octanol–water partition coefficient (Wildman–Crippen LogP) is 2.81. The second-order valence-electron chi connectivity index (χ2n) is 4.77. The molecule has 0 fully saturated rings. The molecule has 1 aromatic carbocycles. The summed E-state index contributed by atoms with van der Waals surface area (Å²) in [6, 6.07) is 6.91. The largest absolute Gasteiger partial charge is 0.469 e. The molecular weight excluding hydrogens is 264 g/mol. The van der Waals surface area contributed by atoms with E-state index in [2.05, 4.69) is 5.32 Å². The maximum atomic E-state index is 13.5. The third-order valence-corrected chi connectivity index (χ3v) is 3.07. The van der Waals surface area contributed by atoms with Crippen LogP contribution in [0, 0.1) is 11.6 Å². The van der Waals surface area contributed by atoms with Crippen LogP contribution in [0.25, 0.3) is 0 Å². The topological polar surface area (TPSA) is 45.4 Å². The van der Waals surface area contributed by atoms with Crippen molar-refractivity contribution in [2.75, 3.05) is 6.54 Å². The number of benzene rings is 1. The molecule has 0 saturated heterocycles. The van der Waals surface area contributed by atoms with E-state index >= 15 is 0 Å². The lowest BCUT2D eigenvalue weighted by Gasteiger charge is -2.17. The van der Waals surface area contributed by atoms with Gasteiger partial charge in [-0.05, 0) is 25.1 Å². The minimum atomic E-state index is -1.02. The van der Waals surface area contributed by atoms with Gasteiger partial charge in [0.15, 0.2) is 0 Å². The molecule has 2 atom stereocenters. The molecule has 2 aromatic rings. The molecule has 2 rings (SSSR count). The Labute approximate surface area is 116 Å². The minimum absolute atomic E-state index is 0.0688. The summed E-state index contributed by atoms with van der Waals surface area (Å²) in [5, 5.41) is 13.0. The molecule has 0 bridgehead atoms. The fourth-order valence-corrected chi connectivity index (χ4v) is 2.00. The van der Waals surface area contributed by atoms with E-state index in [4.69, 9.17) is 4.42 Å². The lowest BCUT2D eigenvalue weighted by Crippen LogP contribution is -2.32. The summed E-state index contributed by atoms with van der Waals surface area (Å²) in [4.78, 5) is 0. The van der Waals surface area contributed by atoms with Gasteiger partial charge in [-0.2, -0.15) is 0 Å². The quantitative estimate of drug-likeness (QED) is 0.856. The molecule has 1 heterocycles. The van der Waals surface area contributed by atoms with E-state index in [-0.39, 0.29) is 18.2 Å². The Morgan fingerprint density at radius 1 is 1.30 bits per heavy atom. The smallest absolute Gasteiger partial charge is 0.131 e. The molecule has 5 heteroatoms. The molecule has 0 aliphatic rings. The number of halogens is 2. The highest BCUT2D eigenvalue weighted by Gasteiger charge is 2.15. The van der Waals surface area contributed by atoms with E-state index < -0.39 is 17.7 Å². The second-order valence-corrected chi connectivity index (χ2v) is 4.77. The van der Waals surface area contributed by atoms with Gasteiger partial charge in [0.2, 0.25) is 0 Å². The summed E-state index contributed by atoms with van der Waals surface area (Å²) >= 11 is 0. The van der Waals surface area contributed by atoms with Crippen LogP contribution in [0.3, 0.4) is 0 Å². The van der Waals surface area contributed by atoms with Gasteiger partial charge in [-0.3, -0.25) is 0 Å². The SMILES string of the molecule is CC(Cc1ccco1)NCC(O)c1ccc(F)cc1F. The summed E-state index contributed by atoms with van der Waals surface area (Å²) in [6.45, 7) is 2.13. The Kier molecular flexibility index (Phi) is 4.87. The van der Waals surface area contributed by atoms with Crippen LogP contribution in [0.2, 0.25) is 0 Å². The first-order valence-corrected chi connectivity index (χ1v) is 6.45. The van der Waals surface area contributed by atoms with Crippen molar-refractivity contribution >= 4 is 0 Å². The van der Waals surface area contributed by atoms with Crippen molar-refractivity contribution in [2.45, 2.75) is 25.5 Å². The van der Waals surface area contributed by atoms with Gasteiger partial charge in [-0.25, -0.2) is 8.78 Å².